The Hall–Kier alpha value is -2.53. The summed E-state index contributed by atoms with van der Waals surface area (Å²) in [5.41, 5.74) is 2.01. The maximum Gasteiger partial charge on any atom is 0.194 e. The Balaban J connectivity index is 1.83. The van der Waals surface area contributed by atoms with E-state index < -0.39 is 0 Å². The van der Waals surface area contributed by atoms with Gasteiger partial charge in [-0.2, -0.15) is 0 Å². The second-order valence-corrected chi connectivity index (χ2v) is 7.54. The van der Waals surface area contributed by atoms with Gasteiger partial charge in [0.1, 0.15) is 0 Å². The van der Waals surface area contributed by atoms with Crippen LogP contribution in [-0.2, 0) is 0 Å². The summed E-state index contributed by atoms with van der Waals surface area (Å²) < 4.78 is 1.10. The van der Waals surface area contributed by atoms with Gasteiger partial charge in [0.15, 0.2) is 11.6 Å². The van der Waals surface area contributed by atoms with E-state index in [9.17, 15) is 9.59 Å². The molecule has 0 amide bonds. The van der Waals surface area contributed by atoms with Crippen molar-refractivity contribution in [3.63, 3.8) is 0 Å². The zero-order valence-electron chi connectivity index (χ0n) is 13.0. The molecule has 0 bridgehead atoms. The monoisotopic (exact) mass is 434 g/mol. The van der Waals surface area contributed by atoms with Crippen molar-refractivity contribution < 1.29 is 9.59 Å². The van der Waals surface area contributed by atoms with Crippen molar-refractivity contribution >= 4 is 55.7 Å². The fourth-order valence-corrected chi connectivity index (χ4v) is 4.07. The van der Waals surface area contributed by atoms with E-state index in [1.807, 2.05) is 66.7 Å². The number of ketones is 2. The zero-order valence-corrected chi connectivity index (χ0v) is 15.2. The molecule has 0 aliphatic heterocycles. The van der Waals surface area contributed by atoms with E-state index >= 15 is 0 Å². The highest BCUT2D eigenvalue weighted by Crippen LogP contribution is 2.33. The van der Waals surface area contributed by atoms with Crippen LogP contribution in [0.4, 0.5) is 0 Å². The summed E-state index contributed by atoms with van der Waals surface area (Å²) >= 11 is 2.25. The van der Waals surface area contributed by atoms with Crippen molar-refractivity contribution in [2.24, 2.45) is 0 Å². The molecule has 0 spiro atoms. The van der Waals surface area contributed by atoms with Crippen molar-refractivity contribution in [3.8, 4) is 0 Å². The number of carbonyl (C=O) groups is 2. The highest BCUT2D eigenvalue weighted by Gasteiger charge is 2.30. The second-order valence-electron chi connectivity index (χ2n) is 6.29. The standard InChI is InChI=1S/C22H11IO2/c23-16-6-5-14-10-19-20(11-15(14)7-16)22(25)18-9-13-4-2-1-3-12(13)8-17(18)21(19)24/h1-11H. The first kappa shape index (κ1) is 14.8. The smallest absolute Gasteiger partial charge is 0.194 e. The van der Waals surface area contributed by atoms with Crippen LogP contribution >= 0.6 is 22.6 Å². The van der Waals surface area contributed by atoms with Gasteiger partial charge in [-0.25, -0.2) is 0 Å². The Morgan fingerprint density at radius 3 is 1.48 bits per heavy atom. The van der Waals surface area contributed by atoms with E-state index in [0.717, 1.165) is 25.1 Å². The van der Waals surface area contributed by atoms with Gasteiger partial charge in [0.25, 0.3) is 0 Å². The Kier molecular flexibility index (Phi) is 3.09. The maximum absolute atomic E-state index is 13.1. The molecule has 4 aromatic rings. The molecule has 5 rings (SSSR count). The molecule has 0 radical (unpaired) electrons. The van der Waals surface area contributed by atoms with Crippen LogP contribution in [-0.4, -0.2) is 11.6 Å². The van der Waals surface area contributed by atoms with Crippen LogP contribution in [0.15, 0.2) is 66.7 Å². The number of hydrogen-bond donors (Lipinski definition) is 0. The molecule has 0 saturated heterocycles. The Morgan fingerprint density at radius 1 is 0.520 bits per heavy atom. The minimum Gasteiger partial charge on any atom is -0.289 e. The van der Waals surface area contributed by atoms with E-state index in [4.69, 9.17) is 0 Å². The van der Waals surface area contributed by atoms with Crippen molar-refractivity contribution in [2.45, 2.75) is 0 Å². The van der Waals surface area contributed by atoms with Gasteiger partial charge in [0.2, 0.25) is 0 Å². The lowest BCUT2D eigenvalue weighted by Gasteiger charge is -2.19. The molecule has 3 heteroatoms. The molecule has 1 aliphatic rings. The van der Waals surface area contributed by atoms with E-state index in [2.05, 4.69) is 22.6 Å². The van der Waals surface area contributed by atoms with Crippen LogP contribution in [0.5, 0.6) is 0 Å². The van der Waals surface area contributed by atoms with Crippen LogP contribution < -0.4 is 0 Å². The first-order valence-electron chi connectivity index (χ1n) is 7.97. The second kappa shape index (κ2) is 5.23. The van der Waals surface area contributed by atoms with Crippen LogP contribution in [0.2, 0.25) is 0 Å². The number of benzene rings is 4. The summed E-state index contributed by atoms with van der Waals surface area (Å²) in [6.45, 7) is 0. The van der Waals surface area contributed by atoms with Gasteiger partial charge in [0, 0.05) is 25.8 Å². The van der Waals surface area contributed by atoms with Crippen LogP contribution in [0.1, 0.15) is 31.8 Å². The largest absolute Gasteiger partial charge is 0.289 e. The minimum atomic E-state index is -0.0733. The van der Waals surface area contributed by atoms with Gasteiger partial charge >= 0.3 is 0 Å². The third-order valence-corrected chi connectivity index (χ3v) is 5.47. The lowest BCUT2D eigenvalue weighted by molar-refractivity contribution is 0.0979. The molecule has 0 atom stereocenters. The Bertz CT molecular complexity index is 1240. The molecule has 0 aromatic heterocycles. The number of rotatable bonds is 0. The molecule has 0 unspecified atom stereocenters. The summed E-state index contributed by atoms with van der Waals surface area (Å²) in [5, 5.41) is 3.91. The average molecular weight is 434 g/mol. The normalized spacial score (nSPS) is 13.2. The van der Waals surface area contributed by atoms with Crippen molar-refractivity contribution in [1.29, 1.82) is 0 Å². The van der Waals surface area contributed by atoms with Crippen molar-refractivity contribution in [1.82, 2.24) is 0 Å². The van der Waals surface area contributed by atoms with E-state index in [1.165, 1.54) is 0 Å². The lowest BCUT2D eigenvalue weighted by Crippen LogP contribution is -2.20. The first-order chi connectivity index (χ1) is 12.1. The van der Waals surface area contributed by atoms with E-state index in [1.54, 1.807) is 0 Å². The Labute approximate surface area is 157 Å². The van der Waals surface area contributed by atoms with Gasteiger partial charge in [-0.3, -0.25) is 9.59 Å². The molecule has 1 aliphatic carbocycles. The number of hydrogen-bond acceptors (Lipinski definition) is 2. The van der Waals surface area contributed by atoms with Crippen LogP contribution in [0, 0.1) is 3.57 Å². The predicted molar refractivity (Wildman–Crippen MR) is 107 cm³/mol. The van der Waals surface area contributed by atoms with E-state index in [-0.39, 0.29) is 11.6 Å². The van der Waals surface area contributed by atoms with Crippen molar-refractivity contribution in [3.05, 3.63) is 92.6 Å². The van der Waals surface area contributed by atoms with Crippen LogP contribution in [0.25, 0.3) is 21.5 Å². The fourth-order valence-electron chi connectivity index (χ4n) is 3.55. The van der Waals surface area contributed by atoms with Gasteiger partial charge in [-0.1, -0.05) is 30.3 Å². The van der Waals surface area contributed by atoms with Gasteiger partial charge in [-0.15, -0.1) is 0 Å². The third-order valence-electron chi connectivity index (χ3n) is 4.80. The predicted octanol–water partition coefficient (Wildman–Crippen LogP) is 5.37. The van der Waals surface area contributed by atoms with Gasteiger partial charge < -0.3 is 0 Å². The third kappa shape index (κ3) is 2.15. The minimum absolute atomic E-state index is 0.0730. The highest BCUT2D eigenvalue weighted by atomic mass is 127. The zero-order chi connectivity index (χ0) is 17.1. The SMILES string of the molecule is O=C1c2cc3ccccc3cc2C(=O)c2cc3cc(I)ccc3cc21. The molecular weight excluding hydrogens is 423 g/mol. The molecule has 0 fully saturated rings. The van der Waals surface area contributed by atoms with E-state index in [0.29, 0.717) is 22.3 Å². The molecule has 25 heavy (non-hydrogen) atoms. The fraction of sp³-hybridized carbons (Fsp3) is 0. The summed E-state index contributed by atoms with van der Waals surface area (Å²) in [6.07, 6.45) is 0. The summed E-state index contributed by atoms with van der Waals surface area (Å²) in [4.78, 5) is 26.1. The molecule has 4 aromatic carbocycles. The number of halogens is 1. The number of fused-ring (bicyclic) bond motifs is 4. The lowest BCUT2D eigenvalue weighted by atomic mass is 9.81. The van der Waals surface area contributed by atoms with Gasteiger partial charge in [0.05, 0.1) is 0 Å². The topological polar surface area (TPSA) is 34.1 Å². The van der Waals surface area contributed by atoms with Crippen molar-refractivity contribution in [2.75, 3.05) is 0 Å². The average Bonchev–Trinajstić information content (AvgIpc) is 2.63. The summed E-state index contributed by atoms with van der Waals surface area (Å²) in [6, 6.07) is 21.2. The summed E-state index contributed by atoms with van der Waals surface area (Å²) in [7, 11) is 0. The molecule has 0 saturated carbocycles. The summed E-state index contributed by atoms with van der Waals surface area (Å²) in [5.74, 6) is -0.146. The highest BCUT2D eigenvalue weighted by molar-refractivity contribution is 14.1. The molecular formula is C22H11IO2. The molecule has 0 N–H and O–H groups in total. The Morgan fingerprint density at radius 2 is 0.960 bits per heavy atom. The first-order valence-corrected chi connectivity index (χ1v) is 9.05. The molecule has 118 valence electrons. The maximum atomic E-state index is 13.1. The quantitative estimate of drug-likeness (QED) is 0.307. The van der Waals surface area contributed by atoms with Crippen LogP contribution in [0.3, 0.4) is 0 Å². The molecule has 0 heterocycles. The van der Waals surface area contributed by atoms with Gasteiger partial charge in [-0.05, 0) is 80.5 Å². The molecule has 2 nitrogen and oxygen atoms in total. The number of carbonyl (C=O) groups excluding carboxylic acids is 2.